The Bertz CT molecular complexity index is 3400. The average molecular weight is 875 g/mol. The quantitative estimate of drug-likeness (QED) is 0.142. The summed E-state index contributed by atoms with van der Waals surface area (Å²) in [7, 11) is 0. The molecule has 0 atom stereocenters. The maximum atomic E-state index is 11.0. The molecule has 0 aliphatic heterocycles. The van der Waals surface area contributed by atoms with Gasteiger partial charge >= 0.3 is 0 Å². The topological polar surface area (TPSA) is 58.9 Å². The third-order valence-electron chi connectivity index (χ3n) is 14.2. The number of terminal acetylenes is 2. The van der Waals surface area contributed by atoms with Crippen molar-refractivity contribution < 1.29 is 19.7 Å². The van der Waals surface area contributed by atoms with Gasteiger partial charge in [-0.2, -0.15) is 0 Å². The molecule has 4 heteroatoms. The van der Waals surface area contributed by atoms with Crippen LogP contribution in [0.15, 0.2) is 206 Å². The molecule has 68 heavy (non-hydrogen) atoms. The summed E-state index contributed by atoms with van der Waals surface area (Å²) in [5.74, 6) is 5.80. The first-order chi connectivity index (χ1) is 33.4. The molecule has 0 aromatic heterocycles. The highest BCUT2D eigenvalue weighted by Gasteiger charge is 2.47. The first kappa shape index (κ1) is 40.5. The summed E-state index contributed by atoms with van der Waals surface area (Å²) in [5.41, 5.74) is 15.0. The van der Waals surface area contributed by atoms with E-state index in [9.17, 15) is 10.2 Å². The molecule has 0 saturated heterocycles. The minimum absolute atomic E-state index is 0.0489. The van der Waals surface area contributed by atoms with Crippen LogP contribution in [-0.2, 0) is 10.8 Å². The maximum absolute atomic E-state index is 11.0. The Morgan fingerprint density at radius 2 is 0.676 bits per heavy atom. The van der Waals surface area contributed by atoms with Crippen molar-refractivity contribution in [2.45, 2.75) is 10.8 Å². The molecule has 0 saturated carbocycles. The fraction of sp³-hybridized carbons (Fsp3) is 0.0625. The summed E-state index contributed by atoms with van der Waals surface area (Å²) >= 11 is 0. The van der Waals surface area contributed by atoms with E-state index in [0.29, 0.717) is 11.5 Å². The molecule has 0 bridgehead atoms. The van der Waals surface area contributed by atoms with Gasteiger partial charge in [0.25, 0.3) is 0 Å². The average Bonchev–Trinajstić information content (AvgIpc) is 3.86. The molecule has 0 unspecified atom stereocenters. The molecule has 2 aliphatic rings. The van der Waals surface area contributed by atoms with E-state index in [0.717, 1.165) is 54.9 Å². The number of phenols is 2. The molecule has 12 rings (SSSR count). The molecule has 2 aliphatic carbocycles. The number of fused-ring (bicyclic) bond motifs is 8. The van der Waals surface area contributed by atoms with E-state index in [1.165, 1.54) is 44.5 Å². The van der Waals surface area contributed by atoms with Crippen molar-refractivity contribution in [3.8, 4) is 81.1 Å². The van der Waals surface area contributed by atoms with Crippen molar-refractivity contribution >= 4 is 21.5 Å². The SMILES string of the molecule is C#CCOc1cc2ccc(C3(c4ccc(-c5ccc(C6(c7ccc8cc(OCC#C)c(O)cc8c7)c7ccccc7-c7ccccc76)cc5)cc4)c4ccccc4-c4ccccc43)cc2cc1O. The van der Waals surface area contributed by atoms with E-state index in [1.54, 1.807) is 12.1 Å². The minimum Gasteiger partial charge on any atom is -0.504 e. The lowest BCUT2D eigenvalue weighted by molar-refractivity contribution is 0.342. The van der Waals surface area contributed by atoms with Crippen LogP contribution in [0.3, 0.4) is 0 Å². The van der Waals surface area contributed by atoms with Crippen LogP contribution < -0.4 is 9.47 Å². The van der Waals surface area contributed by atoms with E-state index in [-0.39, 0.29) is 24.7 Å². The zero-order valence-electron chi connectivity index (χ0n) is 36.9. The Hall–Kier alpha value is -8.96. The fourth-order valence-corrected chi connectivity index (χ4v) is 11.3. The number of rotatable bonds is 9. The molecule has 322 valence electrons. The zero-order chi connectivity index (χ0) is 46.0. The lowest BCUT2D eigenvalue weighted by Gasteiger charge is -2.34. The standard InChI is InChI=1S/C64H42O4/c1-3-33-67-61-39-43-25-31-49(35-45(43)37-59(61)65)63(55-17-9-5-13-51(55)52-14-6-10-18-56(52)63)47-27-21-41(22-28-47)42-23-29-48(30-24-42)64(57-19-11-7-15-53(57)54-16-8-12-20-58(54)64)50-32-26-44-40-62(68-34-4-2)60(66)38-46(44)36-50/h1-2,5-32,35-40,65-66H,33-34H2. The predicted molar refractivity (Wildman–Crippen MR) is 273 cm³/mol. The van der Waals surface area contributed by atoms with Gasteiger partial charge < -0.3 is 19.7 Å². The van der Waals surface area contributed by atoms with Gasteiger partial charge in [0.2, 0.25) is 0 Å². The van der Waals surface area contributed by atoms with Crippen molar-refractivity contribution in [1.82, 2.24) is 0 Å². The molecule has 2 N–H and O–H groups in total. The lowest BCUT2D eigenvalue weighted by Crippen LogP contribution is -2.28. The Kier molecular flexibility index (Phi) is 9.47. The smallest absolute Gasteiger partial charge is 0.163 e. The van der Waals surface area contributed by atoms with Gasteiger partial charge in [-0.1, -0.05) is 182 Å². The number of ether oxygens (including phenoxy) is 2. The Balaban J connectivity index is 0.981. The minimum atomic E-state index is -0.638. The Labute approximate surface area is 395 Å². The van der Waals surface area contributed by atoms with Crippen molar-refractivity contribution in [1.29, 1.82) is 0 Å². The molecule has 10 aromatic rings. The van der Waals surface area contributed by atoms with E-state index >= 15 is 0 Å². The van der Waals surface area contributed by atoms with Crippen molar-refractivity contribution in [3.05, 3.63) is 251 Å². The van der Waals surface area contributed by atoms with Crippen molar-refractivity contribution in [2.24, 2.45) is 0 Å². The summed E-state index contributed by atoms with van der Waals surface area (Å²) < 4.78 is 11.3. The van der Waals surface area contributed by atoms with Crippen LogP contribution in [0.1, 0.15) is 44.5 Å². The van der Waals surface area contributed by atoms with Gasteiger partial charge in [-0.05, 0) is 136 Å². The largest absolute Gasteiger partial charge is 0.504 e. The number of aromatic hydroxyl groups is 2. The first-order valence-electron chi connectivity index (χ1n) is 22.7. The Morgan fingerprint density at radius 1 is 0.353 bits per heavy atom. The van der Waals surface area contributed by atoms with Crippen LogP contribution in [0, 0.1) is 24.7 Å². The summed E-state index contributed by atoms with van der Waals surface area (Å²) in [5, 5.41) is 25.8. The second-order valence-corrected chi connectivity index (χ2v) is 17.6. The van der Waals surface area contributed by atoms with Gasteiger partial charge in [-0.25, -0.2) is 0 Å². The third kappa shape index (κ3) is 5.98. The normalized spacial score (nSPS) is 13.4. The molecule has 4 nitrogen and oxygen atoms in total. The highest BCUT2D eigenvalue weighted by Crippen LogP contribution is 2.58. The highest BCUT2D eigenvalue weighted by molar-refractivity contribution is 5.93. The van der Waals surface area contributed by atoms with Gasteiger partial charge in [-0.3, -0.25) is 0 Å². The zero-order valence-corrected chi connectivity index (χ0v) is 36.9. The second kappa shape index (κ2) is 15.9. The molecule has 0 amide bonds. The molecule has 0 heterocycles. The first-order valence-corrected chi connectivity index (χ1v) is 22.7. The number of hydrogen-bond donors (Lipinski definition) is 2. The second-order valence-electron chi connectivity index (χ2n) is 17.6. The molecular weight excluding hydrogens is 833 g/mol. The molecule has 10 aromatic carbocycles. The third-order valence-corrected chi connectivity index (χ3v) is 14.2. The van der Waals surface area contributed by atoms with Crippen LogP contribution in [0.4, 0.5) is 0 Å². The van der Waals surface area contributed by atoms with Crippen molar-refractivity contribution in [3.63, 3.8) is 0 Å². The Morgan fingerprint density at radius 3 is 1.01 bits per heavy atom. The van der Waals surface area contributed by atoms with Crippen LogP contribution in [0.25, 0.3) is 54.9 Å². The van der Waals surface area contributed by atoms with Gasteiger partial charge in [0.15, 0.2) is 23.0 Å². The maximum Gasteiger partial charge on any atom is 0.163 e. The van der Waals surface area contributed by atoms with E-state index < -0.39 is 10.8 Å². The van der Waals surface area contributed by atoms with Gasteiger partial charge in [0.05, 0.1) is 10.8 Å². The van der Waals surface area contributed by atoms with Gasteiger partial charge in [0.1, 0.15) is 13.2 Å². The number of benzene rings is 10. The van der Waals surface area contributed by atoms with Crippen LogP contribution in [0.2, 0.25) is 0 Å². The summed E-state index contributed by atoms with van der Waals surface area (Å²) in [4.78, 5) is 0. The molecule has 0 radical (unpaired) electrons. The van der Waals surface area contributed by atoms with Crippen LogP contribution >= 0.6 is 0 Å². The van der Waals surface area contributed by atoms with Gasteiger partial charge in [0, 0.05) is 0 Å². The van der Waals surface area contributed by atoms with E-state index in [2.05, 4.69) is 194 Å². The molecule has 0 fully saturated rings. The monoisotopic (exact) mass is 874 g/mol. The van der Waals surface area contributed by atoms with Crippen LogP contribution in [0.5, 0.6) is 23.0 Å². The summed E-state index contributed by atoms with van der Waals surface area (Å²) in [6, 6.07) is 73.2. The molecular formula is C64H42O4. The summed E-state index contributed by atoms with van der Waals surface area (Å²) in [6.07, 6.45) is 10.9. The number of hydrogen-bond acceptors (Lipinski definition) is 4. The highest BCUT2D eigenvalue weighted by atomic mass is 16.5. The van der Waals surface area contributed by atoms with Crippen LogP contribution in [-0.4, -0.2) is 23.4 Å². The fourth-order valence-electron chi connectivity index (χ4n) is 11.3. The van der Waals surface area contributed by atoms with Crippen molar-refractivity contribution in [2.75, 3.05) is 13.2 Å². The number of phenolic OH excluding ortho intramolecular Hbond substituents is 2. The predicted octanol–water partition coefficient (Wildman–Crippen LogP) is 13.8. The lowest BCUT2D eigenvalue weighted by atomic mass is 9.67. The van der Waals surface area contributed by atoms with Gasteiger partial charge in [-0.15, -0.1) is 12.8 Å². The summed E-state index contributed by atoms with van der Waals surface area (Å²) in [6.45, 7) is 0.144. The van der Waals surface area contributed by atoms with E-state index in [1.807, 2.05) is 12.1 Å². The molecule has 0 spiro atoms. The van der Waals surface area contributed by atoms with E-state index in [4.69, 9.17) is 22.3 Å².